The van der Waals surface area contributed by atoms with Crippen LogP contribution in [-0.2, 0) is 19.2 Å². The van der Waals surface area contributed by atoms with Crippen molar-refractivity contribution in [3.8, 4) is 0 Å². The molecule has 0 aliphatic heterocycles. The molecule has 0 saturated heterocycles. The molecule has 3 unspecified atom stereocenters. The summed E-state index contributed by atoms with van der Waals surface area (Å²) >= 11 is 0. The van der Waals surface area contributed by atoms with E-state index in [4.69, 9.17) is 0 Å². The monoisotopic (exact) mass is 532 g/mol. The smallest absolute Gasteiger partial charge is 0.143 e. The quantitative estimate of drug-likeness (QED) is 0.221. The van der Waals surface area contributed by atoms with E-state index in [9.17, 15) is 19.2 Å². The fourth-order valence-electron chi connectivity index (χ4n) is 4.82. The lowest BCUT2D eigenvalue weighted by Crippen LogP contribution is -2.27. The van der Waals surface area contributed by atoms with Crippen LogP contribution in [0.5, 0.6) is 0 Å². The highest BCUT2D eigenvalue weighted by molar-refractivity contribution is 5.99. The highest BCUT2D eigenvalue weighted by Crippen LogP contribution is 2.33. The minimum Gasteiger partial charge on any atom is -0.300 e. The predicted molar refractivity (Wildman–Crippen MR) is 162 cm³/mol. The number of hydrogen-bond donors (Lipinski definition) is 0. The number of carbonyl (C=O) groups is 4. The molecule has 220 valence electrons. The van der Waals surface area contributed by atoms with E-state index in [1.165, 1.54) is 26.2 Å². The molecule has 1 aliphatic rings. The maximum Gasteiger partial charge on any atom is 0.143 e. The first-order valence-corrected chi connectivity index (χ1v) is 15.3. The number of rotatable bonds is 13. The maximum absolute atomic E-state index is 12.6. The molecule has 1 aliphatic carbocycles. The lowest BCUT2D eigenvalue weighted by molar-refractivity contribution is -0.130. The molecule has 0 saturated carbocycles. The van der Waals surface area contributed by atoms with Gasteiger partial charge >= 0.3 is 0 Å². The van der Waals surface area contributed by atoms with Gasteiger partial charge in [0.05, 0.1) is 6.42 Å². The van der Waals surface area contributed by atoms with E-state index < -0.39 is 0 Å². The Morgan fingerprint density at radius 3 is 2.05 bits per heavy atom. The van der Waals surface area contributed by atoms with Crippen molar-refractivity contribution in [1.29, 1.82) is 0 Å². The van der Waals surface area contributed by atoms with Crippen LogP contribution in [-0.4, -0.2) is 23.1 Å². The maximum atomic E-state index is 12.6. The molecule has 0 fully saturated rings. The largest absolute Gasteiger partial charge is 0.300 e. The third-order valence-electron chi connectivity index (χ3n) is 7.02. The Bertz CT molecular complexity index is 729. The highest BCUT2D eigenvalue weighted by atomic mass is 16.1. The molecule has 4 heteroatoms. The molecule has 0 spiro atoms. The number of carbonyl (C=O) groups excluding carboxylic acids is 4. The van der Waals surface area contributed by atoms with Crippen molar-refractivity contribution in [2.45, 2.75) is 146 Å². The number of allylic oxidation sites excluding steroid dienone is 4. The van der Waals surface area contributed by atoms with Gasteiger partial charge in [-0.2, -0.15) is 0 Å². The van der Waals surface area contributed by atoms with Crippen LogP contribution in [0.4, 0.5) is 0 Å². The molecular formula is C34H60O4. The molecule has 38 heavy (non-hydrogen) atoms. The molecule has 0 aromatic rings. The summed E-state index contributed by atoms with van der Waals surface area (Å²) in [4.78, 5) is 46.2. The van der Waals surface area contributed by atoms with Crippen molar-refractivity contribution in [3.63, 3.8) is 0 Å². The molecule has 0 amide bonds. The molecule has 1 rings (SSSR count). The Labute approximate surface area is 235 Å². The second-order valence-electron chi connectivity index (χ2n) is 11.5. The molecule has 0 N–H and O–H groups in total. The normalized spacial score (nSPS) is 19.5. The number of ketones is 4. The van der Waals surface area contributed by atoms with Gasteiger partial charge < -0.3 is 4.79 Å². The van der Waals surface area contributed by atoms with Crippen LogP contribution in [0, 0.1) is 23.7 Å². The average molecular weight is 533 g/mol. The summed E-state index contributed by atoms with van der Waals surface area (Å²) in [5.41, 5.74) is 1.11. The lowest BCUT2D eigenvalue weighted by atomic mass is 9.75. The predicted octanol–water partition coefficient (Wildman–Crippen LogP) is 9.45. The molecule has 4 nitrogen and oxygen atoms in total. The van der Waals surface area contributed by atoms with Crippen LogP contribution in [0.25, 0.3) is 0 Å². The van der Waals surface area contributed by atoms with Crippen molar-refractivity contribution in [3.05, 3.63) is 23.8 Å². The van der Waals surface area contributed by atoms with Gasteiger partial charge in [-0.15, -0.1) is 0 Å². The molecular weight excluding hydrogens is 472 g/mol. The molecule has 0 aromatic carbocycles. The number of Topliss-reactive ketones (excluding diaryl/α,β-unsaturated/α-hetero) is 4. The molecule has 0 radical (unpaired) electrons. The van der Waals surface area contributed by atoms with Crippen molar-refractivity contribution in [2.24, 2.45) is 23.7 Å². The fraction of sp³-hybridized carbons (Fsp3) is 0.765. The summed E-state index contributed by atoms with van der Waals surface area (Å²) in [6.45, 7) is 17.9. The van der Waals surface area contributed by atoms with Crippen molar-refractivity contribution in [2.75, 3.05) is 0 Å². The summed E-state index contributed by atoms with van der Waals surface area (Å²) in [6, 6.07) is 0. The lowest BCUT2D eigenvalue weighted by Gasteiger charge is -2.29. The topological polar surface area (TPSA) is 68.3 Å². The number of unbranched alkanes of at least 4 members (excludes halogenated alkanes) is 1. The van der Waals surface area contributed by atoms with Crippen molar-refractivity contribution >= 4 is 23.1 Å². The minimum absolute atomic E-state index is 0.0506. The average Bonchev–Trinajstić information content (AvgIpc) is 2.82. The molecule has 0 aromatic heterocycles. The third kappa shape index (κ3) is 22.2. The van der Waals surface area contributed by atoms with Crippen molar-refractivity contribution in [1.82, 2.24) is 0 Å². The van der Waals surface area contributed by atoms with E-state index in [-0.39, 0.29) is 35.6 Å². The Balaban J connectivity index is 0. The van der Waals surface area contributed by atoms with Gasteiger partial charge in [-0.1, -0.05) is 97.4 Å². The van der Waals surface area contributed by atoms with Gasteiger partial charge in [0.25, 0.3) is 0 Å². The van der Waals surface area contributed by atoms with E-state index in [1.54, 1.807) is 6.92 Å². The Morgan fingerprint density at radius 1 is 0.974 bits per heavy atom. The van der Waals surface area contributed by atoms with Crippen LogP contribution < -0.4 is 0 Å². The van der Waals surface area contributed by atoms with Crippen LogP contribution >= 0.6 is 0 Å². The van der Waals surface area contributed by atoms with Crippen LogP contribution in [0.3, 0.4) is 0 Å². The van der Waals surface area contributed by atoms with Crippen LogP contribution in [0.2, 0.25) is 0 Å². The first-order valence-electron chi connectivity index (χ1n) is 15.3. The van der Waals surface area contributed by atoms with Gasteiger partial charge in [0.15, 0.2) is 0 Å². The van der Waals surface area contributed by atoms with Gasteiger partial charge in [-0.25, -0.2) is 0 Å². The summed E-state index contributed by atoms with van der Waals surface area (Å²) < 4.78 is 0. The highest BCUT2D eigenvalue weighted by Gasteiger charge is 2.29. The zero-order valence-corrected chi connectivity index (χ0v) is 26.4. The second-order valence-corrected chi connectivity index (χ2v) is 11.5. The van der Waals surface area contributed by atoms with Gasteiger partial charge in [-0.05, 0) is 64.2 Å². The summed E-state index contributed by atoms with van der Waals surface area (Å²) in [5, 5.41) is 0. The summed E-state index contributed by atoms with van der Waals surface area (Å²) in [5.74, 6) is 2.05. The molecule has 0 heterocycles. The van der Waals surface area contributed by atoms with E-state index in [1.807, 2.05) is 26.8 Å². The van der Waals surface area contributed by atoms with Gasteiger partial charge in [0.1, 0.15) is 23.1 Å². The van der Waals surface area contributed by atoms with Crippen LogP contribution in [0.15, 0.2) is 23.8 Å². The van der Waals surface area contributed by atoms with Crippen molar-refractivity contribution < 1.29 is 19.2 Å². The Hall–Kier alpha value is -1.84. The van der Waals surface area contributed by atoms with E-state index in [0.717, 1.165) is 50.0 Å². The first kappa shape index (κ1) is 38.3. The first-order chi connectivity index (χ1) is 17.9. The van der Waals surface area contributed by atoms with E-state index >= 15 is 0 Å². The molecule has 0 bridgehead atoms. The SMILES string of the molecule is CCC(C)=O.CCCC(CC1CC/C=C\C=C(\C)CC(=O)C1)C(CC)C(=O)CC(C)=O.CCCCC(C)C. The number of hydrogen-bond acceptors (Lipinski definition) is 4. The second kappa shape index (κ2) is 24.2. The molecule has 3 atom stereocenters. The zero-order valence-electron chi connectivity index (χ0n) is 26.4. The van der Waals surface area contributed by atoms with Gasteiger partial charge in [0.2, 0.25) is 0 Å². The van der Waals surface area contributed by atoms with Crippen LogP contribution in [0.1, 0.15) is 146 Å². The van der Waals surface area contributed by atoms with Gasteiger partial charge in [-0.3, -0.25) is 14.4 Å². The Morgan fingerprint density at radius 2 is 1.61 bits per heavy atom. The zero-order chi connectivity index (χ0) is 29.5. The summed E-state index contributed by atoms with van der Waals surface area (Å²) in [7, 11) is 0. The van der Waals surface area contributed by atoms with Gasteiger partial charge in [0, 0.05) is 25.2 Å². The minimum atomic E-state index is -0.0541. The summed E-state index contributed by atoms with van der Waals surface area (Å²) in [6.07, 6.45) is 17.9. The standard InChI is InChI=1S/C23H36O3.C7H16.C4H8O/c1-5-10-20(22(6-2)23(26)14-18(4)24)15-19-12-9-7-8-11-17(3)13-21(25)16-19;1-4-5-6-7(2)3;1-3-4(2)5/h7-8,11,19-20,22H,5-6,9-10,12-16H2,1-4H3;7H,4-6H2,1-3H3;3H2,1-2H3/b8-7-,17-11-;;. The Kier molecular flexibility index (Phi) is 24.4. The third-order valence-corrected chi connectivity index (χ3v) is 7.02. The van der Waals surface area contributed by atoms with E-state index in [2.05, 4.69) is 39.8 Å². The fourth-order valence-corrected chi connectivity index (χ4v) is 4.82. The van der Waals surface area contributed by atoms with E-state index in [0.29, 0.717) is 31.0 Å².